The average molecular weight is 370 g/mol. The number of unbranched alkanes of at least 4 members (excludes halogenated alkanes) is 3. The van der Waals surface area contributed by atoms with Crippen molar-refractivity contribution >= 4 is 17.4 Å². The average Bonchev–Trinajstić information content (AvgIpc) is 2.89. The maximum absolute atomic E-state index is 13.2. The van der Waals surface area contributed by atoms with Crippen LogP contribution < -0.4 is 0 Å². The lowest BCUT2D eigenvalue weighted by atomic mass is 10.0. The number of imide groups is 1. The molecule has 0 saturated carbocycles. The summed E-state index contributed by atoms with van der Waals surface area (Å²) in [5.74, 6) is -0.318. The van der Waals surface area contributed by atoms with Gasteiger partial charge in [0.2, 0.25) is 0 Å². The van der Waals surface area contributed by atoms with Crippen molar-refractivity contribution in [3.8, 4) is 0 Å². The molecule has 0 aromatic heterocycles. The van der Waals surface area contributed by atoms with Crippen LogP contribution in [0, 0.1) is 0 Å². The highest BCUT2D eigenvalue weighted by Gasteiger charge is 2.42. The van der Waals surface area contributed by atoms with E-state index in [-0.39, 0.29) is 24.0 Å². The molecule has 2 atom stereocenters. The molecule has 5 nitrogen and oxygen atoms in total. The van der Waals surface area contributed by atoms with Gasteiger partial charge >= 0.3 is 0 Å². The van der Waals surface area contributed by atoms with Crippen LogP contribution >= 0.6 is 0 Å². The molecule has 3 rings (SSSR count). The van der Waals surface area contributed by atoms with Crippen molar-refractivity contribution in [2.75, 3.05) is 19.6 Å². The summed E-state index contributed by atoms with van der Waals surface area (Å²) in [6.07, 6.45) is 4.20. The van der Waals surface area contributed by atoms with Crippen LogP contribution in [0.4, 0.5) is 0 Å². The van der Waals surface area contributed by atoms with Crippen molar-refractivity contribution in [3.05, 3.63) is 41.6 Å². The van der Waals surface area contributed by atoms with Crippen LogP contribution in [0.3, 0.4) is 0 Å². The number of ether oxygens (including phenoxy) is 1. The van der Waals surface area contributed by atoms with Crippen molar-refractivity contribution in [1.82, 2.24) is 9.80 Å². The number of amides is 2. The van der Waals surface area contributed by atoms with E-state index in [2.05, 4.69) is 6.92 Å². The predicted molar refractivity (Wildman–Crippen MR) is 106 cm³/mol. The normalized spacial score (nSPS) is 23.5. The van der Waals surface area contributed by atoms with Crippen LogP contribution in [0.1, 0.15) is 52.0 Å². The molecule has 0 bridgehead atoms. The van der Waals surface area contributed by atoms with Gasteiger partial charge in [-0.05, 0) is 25.8 Å². The summed E-state index contributed by atoms with van der Waals surface area (Å²) in [5.41, 5.74) is 1.90. The SMILES string of the molecule is CCCCCCN1C(=O)C(c2ccccc2)=C(N2CC(C)OC(C)C2)C1=O. The summed E-state index contributed by atoms with van der Waals surface area (Å²) in [6.45, 7) is 7.91. The van der Waals surface area contributed by atoms with Crippen LogP contribution in [-0.2, 0) is 14.3 Å². The molecule has 5 heteroatoms. The minimum absolute atomic E-state index is 0.0276. The highest BCUT2D eigenvalue weighted by molar-refractivity contribution is 6.35. The van der Waals surface area contributed by atoms with Gasteiger partial charge in [-0.2, -0.15) is 0 Å². The van der Waals surface area contributed by atoms with E-state index in [0.29, 0.717) is 30.9 Å². The lowest BCUT2D eigenvalue weighted by Crippen LogP contribution is -2.47. The molecule has 0 N–H and O–H groups in total. The second-order valence-corrected chi connectivity index (χ2v) is 7.57. The molecule has 1 fully saturated rings. The van der Waals surface area contributed by atoms with Crippen LogP contribution in [0.5, 0.6) is 0 Å². The van der Waals surface area contributed by atoms with Gasteiger partial charge in [0.05, 0.1) is 17.8 Å². The van der Waals surface area contributed by atoms with Crippen LogP contribution in [0.2, 0.25) is 0 Å². The molecule has 146 valence electrons. The van der Waals surface area contributed by atoms with E-state index in [1.54, 1.807) is 0 Å². The predicted octanol–water partition coefficient (Wildman–Crippen LogP) is 3.46. The van der Waals surface area contributed by atoms with Crippen LogP contribution in [-0.4, -0.2) is 53.5 Å². The van der Waals surface area contributed by atoms with Crippen molar-refractivity contribution in [2.24, 2.45) is 0 Å². The zero-order chi connectivity index (χ0) is 19.4. The Morgan fingerprint density at radius 3 is 2.26 bits per heavy atom. The Kier molecular flexibility index (Phi) is 6.32. The quantitative estimate of drug-likeness (QED) is 0.545. The standard InChI is InChI=1S/C22H30N2O3/c1-4-5-6-10-13-24-21(25)19(18-11-8-7-9-12-18)20(22(24)26)23-14-16(2)27-17(3)15-23/h7-9,11-12,16-17H,4-6,10,13-15H2,1-3H3. The topological polar surface area (TPSA) is 49.9 Å². The number of benzene rings is 1. The van der Waals surface area contributed by atoms with Crippen molar-refractivity contribution in [3.63, 3.8) is 0 Å². The molecule has 1 saturated heterocycles. The molecule has 2 aliphatic rings. The van der Waals surface area contributed by atoms with E-state index in [0.717, 1.165) is 31.2 Å². The largest absolute Gasteiger partial charge is 0.372 e. The van der Waals surface area contributed by atoms with Gasteiger partial charge in [-0.1, -0.05) is 56.5 Å². The summed E-state index contributed by atoms with van der Waals surface area (Å²) in [4.78, 5) is 29.9. The second-order valence-electron chi connectivity index (χ2n) is 7.57. The van der Waals surface area contributed by atoms with Crippen LogP contribution in [0.25, 0.3) is 5.57 Å². The van der Waals surface area contributed by atoms with E-state index in [1.165, 1.54) is 4.90 Å². The number of hydrogen-bond acceptors (Lipinski definition) is 4. The summed E-state index contributed by atoms with van der Waals surface area (Å²) < 4.78 is 5.82. The Morgan fingerprint density at radius 1 is 0.963 bits per heavy atom. The smallest absolute Gasteiger partial charge is 0.277 e. The first-order valence-electron chi connectivity index (χ1n) is 10.1. The third-order valence-electron chi connectivity index (χ3n) is 5.18. The maximum Gasteiger partial charge on any atom is 0.277 e. The first-order valence-corrected chi connectivity index (χ1v) is 10.1. The number of rotatable bonds is 7. The van der Waals surface area contributed by atoms with Gasteiger partial charge in [0.15, 0.2) is 0 Å². The minimum atomic E-state index is -0.163. The monoisotopic (exact) mass is 370 g/mol. The highest BCUT2D eigenvalue weighted by Crippen LogP contribution is 2.33. The number of carbonyl (C=O) groups is 2. The van der Waals surface area contributed by atoms with Gasteiger partial charge < -0.3 is 9.64 Å². The van der Waals surface area contributed by atoms with Gasteiger partial charge in [-0.3, -0.25) is 14.5 Å². The molecule has 0 radical (unpaired) electrons. The fourth-order valence-electron chi connectivity index (χ4n) is 3.98. The third kappa shape index (κ3) is 4.24. The van der Waals surface area contributed by atoms with Gasteiger partial charge in [-0.15, -0.1) is 0 Å². The fourth-order valence-corrected chi connectivity index (χ4v) is 3.98. The van der Waals surface area contributed by atoms with Crippen LogP contribution in [0.15, 0.2) is 36.0 Å². The van der Waals surface area contributed by atoms with E-state index >= 15 is 0 Å². The summed E-state index contributed by atoms with van der Waals surface area (Å²) in [5, 5.41) is 0. The summed E-state index contributed by atoms with van der Waals surface area (Å²) in [7, 11) is 0. The summed E-state index contributed by atoms with van der Waals surface area (Å²) in [6, 6.07) is 9.56. The fraction of sp³-hybridized carbons (Fsp3) is 0.545. The number of nitrogens with zero attached hydrogens (tertiary/aromatic N) is 2. The van der Waals surface area contributed by atoms with Gasteiger partial charge in [0.1, 0.15) is 5.70 Å². The maximum atomic E-state index is 13.2. The molecule has 0 aliphatic carbocycles. The molecule has 1 aromatic rings. The Labute approximate surface area is 162 Å². The van der Waals surface area contributed by atoms with E-state index in [9.17, 15) is 9.59 Å². The number of morpholine rings is 1. The van der Waals surface area contributed by atoms with E-state index < -0.39 is 0 Å². The molecule has 2 aliphatic heterocycles. The molecule has 1 aromatic carbocycles. The molecular formula is C22H30N2O3. The minimum Gasteiger partial charge on any atom is -0.372 e. The third-order valence-corrected chi connectivity index (χ3v) is 5.18. The molecular weight excluding hydrogens is 340 g/mol. The van der Waals surface area contributed by atoms with E-state index in [1.807, 2.05) is 49.1 Å². The molecule has 2 unspecified atom stereocenters. The Bertz CT molecular complexity index is 704. The van der Waals surface area contributed by atoms with Gasteiger partial charge in [0.25, 0.3) is 11.8 Å². The number of hydrogen-bond donors (Lipinski definition) is 0. The lowest BCUT2D eigenvalue weighted by molar-refractivity contribution is -0.138. The van der Waals surface area contributed by atoms with Gasteiger partial charge in [0, 0.05) is 19.6 Å². The molecule has 0 spiro atoms. The highest BCUT2D eigenvalue weighted by atomic mass is 16.5. The summed E-state index contributed by atoms with van der Waals surface area (Å²) >= 11 is 0. The molecule has 27 heavy (non-hydrogen) atoms. The van der Waals surface area contributed by atoms with Crippen molar-refractivity contribution in [1.29, 1.82) is 0 Å². The first-order chi connectivity index (χ1) is 13.0. The van der Waals surface area contributed by atoms with Crippen molar-refractivity contribution in [2.45, 2.75) is 58.7 Å². The van der Waals surface area contributed by atoms with E-state index in [4.69, 9.17) is 4.74 Å². The Hall–Kier alpha value is -2.14. The lowest BCUT2D eigenvalue weighted by Gasteiger charge is -2.37. The van der Waals surface area contributed by atoms with Crippen molar-refractivity contribution < 1.29 is 14.3 Å². The Morgan fingerprint density at radius 2 is 1.63 bits per heavy atom. The first kappa shape index (κ1) is 19.6. The zero-order valence-electron chi connectivity index (χ0n) is 16.6. The zero-order valence-corrected chi connectivity index (χ0v) is 16.6. The number of carbonyl (C=O) groups excluding carboxylic acids is 2. The second kappa shape index (κ2) is 8.70. The molecule has 2 heterocycles. The molecule has 2 amide bonds. The van der Waals surface area contributed by atoms with Gasteiger partial charge in [-0.25, -0.2) is 0 Å². The Balaban J connectivity index is 1.92.